The molecule has 1 fully saturated rings. The summed E-state index contributed by atoms with van der Waals surface area (Å²) in [5, 5.41) is 3.64. The van der Waals surface area contributed by atoms with Gasteiger partial charge in [0.15, 0.2) is 0 Å². The molecule has 116 valence electrons. The molecule has 0 radical (unpaired) electrons. The summed E-state index contributed by atoms with van der Waals surface area (Å²) in [6.07, 6.45) is 5.41. The van der Waals surface area contributed by atoms with Crippen molar-refractivity contribution < 1.29 is 4.74 Å². The van der Waals surface area contributed by atoms with Gasteiger partial charge in [-0.25, -0.2) is 0 Å². The number of methoxy groups -OCH3 is 1. The molecule has 1 aliphatic heterocycles. The molecule has 0 aromatic heterocycles. The van der Waals surface area contributed by atoms with E-state index < -0.39 is 0 Å². The molecular formula is C18H28N2O. The summed E-state index contributed by atoms with van der Waals surface area (Å²) in [5.74, 6) is 1.82. The summed E-state index contributed by atoms with van der Waals surface area (Å²) in [6, 6.07) is 7.74. The lowest BCUT2D eigenvalue weighted by molar-refractivity contribution is 0.325. The number of hydrogen-bond donors (Lipinski definition) is 1. The molecule has 3 unspecified atom stereocenters. The summed E-state index contributed by atoms with van der Waals surface area (Å²) in [5.41, 5.74) is 2.78. The van der Waals surface area contributed by atoms with Crippen LogP contribution in [0.3, 0.4) is 0 Å². The Hall–Kier alpha value is -1.22. The molecule has 1 aromatic carbocycles. The van der Waals surface area contributed by atoms with E-state index in [1.165, 1.54) is 36.9 Å². The van der Waals surface area contributed by atoms with Gasteiger partial charge >= 0.3 is 0 Å². The zero-order valence-electron chi connectivity index (χ0n) is 13.6. The highest BCUT2D eigenvalue weighted by Crippen LogP contribution is 2.35. The smallest absolute Gasteiger partial charge is 0.120 e. The summed E-state index contributed by atoms with van der Waals surface area (Å²) in [4.78, 5) is 2.65. The van der Waals surface area contributed by atoms with Gasteiger partial charge in [-0.05, 0) is 37.3 Å². The number of ether oxygens (including phenoxy) is 1. The van der Waals surface area contributed by atoms with Crippen LogP contribution in [-0.2, 0) is 6.54 Å². The Morgan fingerprint density at radius 3 is 2.86 bits per heavy atom. The van der Waals surface area contributed by atoms with Crippen molar-refractivity contribution >= 4 is 5.69 Å². The fourth-order valence-corrected chi connectivity index (χ4v) is 3.86. The fraction of sp³-hybridized carbons (Fsp3) is 0.667. The van der Waals surface area contributed by atoms with Crippen LogP contribution in [0.1, 0.15) is 45.1 Å². The Bertz CT molecular complexity index is 488. The topological polar surface area (TPSA) is 24.5 Å². The van der Waals surface area contributed by atoms with Crippen LogP contribution in [0.4, 0.5) is 5.69 Å². The van der Waals surface area contributed by atoms with Crippen LogP contribution in [0, 0.1) is 5.92 Å². The van der Waals surface area contributed by atoms with E-state index in [2.05, 4.69) is 42.3 Å². The maximum absolute atomic E-state index is 5.46. The molecule has 1 N–H and O–H groups in total. The van der Waals surface area contributed by atoms with Gasteiger partial charge in [0.2, 0.25) is 0 Å². The minimum atomic E-state index is 0.528. The summed E-state index contributed by atoms with van der Waals surface area (Å²) in [7, 11) is 1.76. The second-order valence-electron chi connectivity index (χ2n) is 6.85. The van der Waals surface area contributed by atoms with Crippen molar-refractivity contribution in [1.82, 2.24) is 5.32 Å². The third-order valence-electron chi connectivity index (χ3n) is 5.06. The minimum Gasteiger partial charge on any atom is -0.497 e. The van der Waals surface area contributed by atoms with Crippen LogP contribution in [0.2, 0.25) is 0 Å². The first-order chi connectivity index (χ1) is 10.2. The quantitative estimate of drug-likeness (QED) is 0.900. The molecule has 1 aliphatic carbocycles. The first-order valence-electron chi connectivity index (χ1n) is 8.34. The van der Waals surface area contributed by atoms with Crippen molar-refractivity contribution in [3.63, 3.8) is 0 Å². The fourth-order valence-electron chi connectivity index (χ4n) is 3.86. The number of anilines is 1. The first-order valence-corrected chi connectivity index (χ1v) is 8.34. The molecule has 0 spiro atoms. The van der Waals surface area contributed by atoms with Gasteiger partial charge in [-0.3, -0.25) is 0 Å². The summed E-state index contributed by atoms with van der Waals surface area (Å²) < 4.78 is 5.46. The Kier molecular flexibility index (Phi) is 4.39. The van der Waals surface area contributed by atoms with E-state index >= 15 is 0 Å². The van der Waals surface area contributed by atoms with Gasteiger partial charge in [-0.15, -0.1) is 0 Å². The van der Waals surface area contributed by atoms with Crippen molar-refractivity contribution in [2.24, 2.45) is 5.92 Å². The molecule has 1 aromatic rings. The van der Waals surface area contributed by atoms with Crippen LogP contribution in [-0.4, -0.2) is 25.7 Å². The minimum absolute atomic E-state index is 0.528. The molecule has 3 nitrogen and oxygen atoms in total. The first kappa shape index (κ1) is 14.7. The van der Waals surface area contributed by atoms with Crippen molar-refractivity contribution in [2.75, 3.05) is 18.6 Å². The number of fused-ring (bicyclic) bond motifs is 1. The van der Waals surface area contributed by atoms with Gasteiger partial charge in [-0.2, -0.15) is 0 Å². The van der Waals surface area contributed by atoms with E-state index in [1.54, 1.807) is 7.11 Å². The third kappa shape index (κ3) is 3.18. The maximum atomic E-state index is 5.46. The van der Waals surface area contributed by atoms with Gasteiger partial charge in [0.25, 0.3) is 0 Å². The molecule has 0 amide bonds. The van der Waals surface area contributed by atoms with Crippen LogP contribution in [0.25, 0.3) is 0 Å². The standard InChI is InChI=1S/C18H28N2O/c1-13-5-4-6-16(9-13)20-12-14(2)19-11-15-7-8-17(21-3)10-18(15)20/h7-8,10,13-14,16,19H,4-6,9,11-12H2,1-3H3. The van der Waals surface area contributed by atoms with E-state index in [0.29, 0.717) is 12.1 Å². The van der Waals surface area contributed by atoms with Crippen molar-refractivity contribution in [2.45, 2.75) is 58.2 Å². The van der Waals surface area contributed by atoms with Gasteiger partial charge in [0, 0.05) is 36.9 Å². The molecule has 0 saturated heterocycles. The lowest BCUT2D eigenvalue weighted by Gasteiger charge is -2.39. The summed E-state index contributed by atoms with van der Waals surface area (Å²) >= 11 is 0. The molecule has 0 bridgehead atoms. The highest BCUT2D eigenvalue weighted by Gasteiger charge is 2.29. The van der Waals surface area contributed by atoms with Gasteiger partial charge in [0.1, 0.15) is 5.75 Å². The third-order valence-corrected chi connectivity index (χ3v) is 5.06. The molecule has 2 aliphatic rings. The predicted molar refractivity (Wildman–Crippen MR) is 88.1 cm³/mol. The molecule has 1 heterocycles. The Labute approximate surface area is 128 Å². The monoisotopic (exact) mass is 288 g/mol. The van der Waals surface area contributed by atoms with Crippen LogP contribution in [0.5, 0.6) is 5.75 Å². The van der Waals surface area contributed by atoms with E-state index in [1.807, 2.05) is 0 Å². The number of benzene rings is 1. The van der Waals surface area contributed by atoms with Crippen LogP contribution < -0.4 is 15.0 Å². The molecule has 1 saturated carbocycles. The molecule has 3 atom stereocenters. The molecule has 21 heavy (non-hydrogen) atoms. The SMILES string of the molecule is COc1ccc2c(c1)N(C1CCCC(C)C1)CC(C)NC2. The normalized spacial score (nSPS) is 29.7. The molecule has 3 heteroatoms. The van der Waals surface area contributed by atoms with Crippen molar-refractivity contribution in [3.05, 3.63) is 23.8 Å². The van der Waals surface area contributed by atoms with E-state index in [0.717, 1.165) is 24.8 Å². The Balaban J connectivity index is 1.93. The lowest BCUT2D eigenvalue weighted by atomic mass is 9.85. The maximum Gasteiger partial charge on any atom is 0.120 e. The van der Waals surface area contributed by atoms with E-state index in [4.69, 9.17) is 4.74 Å². The molecular weight excluding hydrogens is 260 g/mol. The number of rotatable bonds is 2. The molecule has 3 rings (SSSR count). The van der Waals surface area contributed by atoms with Gasteiger partial charge in [-0.1, -0.05) is 25.8 Å². The second kappa shape index (κ2) is 6.27. The van der Waals surface area contributed by atoms with E-state index in [9.17, 15) is 0 Å². The highest BCUT2D eigenvalue weighted by atomic mass is 16.5. The van der Waals surface area contributed by atoms with Crippen molar-refractivity contribution in [3.8, 4) is 5.75 Å². The van der Waals surface area contributed by atoms with Crippen LogP contribution in [0.15, 0.2) is 18.2 Å². The average Bonchev–Trinajstić information content (AvgIpc) is 2.66. The zero-order chi connectivity index (χ0) is 14.8. The van der Waals surface area contributed by atoms with E-state index in [-0.39, 0.29) is 0 Å². The number of nitrogens with zero attached hydrogens (tertiary/aromatic N) is 1. The number of nitrogens with one attached hydrogen (secondary N) is 1. The predicted octanol–water partition coefficient (Wildman–Crippen LogP) is 3.57. The summed E-state index contributed by atoms with van der Waals surface area (Å²) in [6.45, 7) is 6.75. The van der Waals surface area contributed by atoms with Gasteiger partial charge in [0.05, 0.1) is 7.11 Å². The average molecular weight is 288 g/mol. The number of hydrogen-bond acceptors (Lipinski definition) is 3. The largest absolute Gasteiger partial charge is 0.497 e. The second-order valence-corrected chi connectivity index (χ2v) is 6.85. The Morgan fingerprint density at radius 2 is 2.10 bits per heavy atom. The highest BCUT2D eigenvalue weighted by molar-refractivity contribution is 5.59. The van der Waals surface area contributed by atoms with Crippen molar-refractivity contribution in [1.29, 1.82) is 0 Å². The lowest BCUT2D eigenvalue weighted by Crippen LogP contribution is -2.44. The Morgan fingerprint density at radius 1 is 1.24 bits per heavy atom. The van der Waals surface area contributed by atoms with Crippen LogP contribution >= 0.6 is 0 Å². The van der Waals surface area contributed by atoms with Gasteiger partial charge < -0.3 is 15.0 Å². The zero-order valence-corrected chi connectivity index (χ0v) is 13.6.